The van der Waals surface area contributed by atoms with Gasteiger partial charge in [0, 0.05) is 31.7 Å². The molecule has 6 nitrogen and oxygen atoms in total. The minimum absolute atomic E-state index is 0.0523. The lowest BCUT2D eigenvalue weighted by Crippen LogP contribution is -2.39. The Labute approximate surface area is 174 Å². The third-order valence-electron chi connectivity index (χ3n) is 5.80. The van der Waals surface area contributed by atoms with E-state index in [1.807, 2.05) is 4.90 Å². The van der Waals surface area contributed by atoms with Gasteiger partial charge in [-0.3, -0.25) is 4.79 Å². The zero-order valence-electron chi connectivity index (χ0n) is 17.0. The summed E-state index contributed by atoms with van der Waals surface area (Å²) >= 11 is 0. The number of ether oxygens (including phenoxy) is 1. The monoisotopic (exact) mass is 418 g/mol. The van der Waals surface area contributed by atoms with Gasteiger partial charge in [-0.25, -0.2) is 8.42 Å². The van der Waals surface area contributed by atoms with E-state index in [-0.39, 0.29) is 10.8 Å². The standard InChI is InChI=1S/C22H30N2O4S/c1-3-15-28-17-19-10-13-23(14-11-19)22(25)20-6-8-21(9-7-20)29(26,27)24-12-4-5-18(2)16-24/h1,6-9,18-19H,4-5,10-17H2,2H3. The van der Waals surface area contributed by atoms with E-state index in [0.29, 0.717) is 56.8 Å². The van der Waals surface area contributed by atoms with E-state index < -0.39 is 10.0 Å². The number of hydrogen-bond acceptors (Lipinski definition) is 4. The van der Waals surface area contributed by atoms with Gasteiger partial charge in [0.05, 0.1) is 11.5 Å². The van der Waals surface area contributed by atoms with E-state index in [4.69, 9.17) is 11.2 Å². The van der Waals surface area contributed by atoms with Gasteiger partial charge in [0.25, 0.3) is 5.91 Å². The van der Waals surface area contributed by atoms with Gasteiger partial charge in [-0.05, 0) is 61.8 Å². The van der Waals surface area contributed by atoms with Crippen LogP contribution in [0, 0.1) is 24.2 Å². The van der Waals surface area contributed by atoms with Crippen LogP contribution in [-0.4, -0.2) is 62.9 Å². The maximum atomic E-state index is 12.9. The van der Waals surface area contributed by atoms with Crippen molar-refractivity contribution in [2.75, 3.05) is 39.4 Å². The first kappa shape index (κ1) is 21.8. The molecular weight excluding hydrogens is 388 g/mol. The fraction of sp³-hybridized carbons (Fsp3) is 0.591. The topological polar surface area (TPSA) is 66.9 Å². The molecule has 1 atom stereocenters. The molecule has 1 amide bonds. The Balaban J connectivity index is 1.59. The van der Waals surface area contributed by atoms with E-state index in [2.05, 4.69) is 12.8 Å². The molecule has 2 saturated heterocycles. The van der Waals surface area contributed by atoms with Gasteiger partial charge in [0.2, 0.25) is 10.0 Å². The molecular formula is C22H30N2O4S. The zero-order chi connectivity index (χ0) is 20.9. The maximum absolute atomic E-state index is 12.9. The smallest absolute Gasteiger partial charge is 0.253 e. The highest BCUT2D eigenvalue weighted by atomic mass is 32.2. The fourth-order valence-electron chi connectivity index (χ4n) is 4.05. The molecule has 0 aromatic heterocycles. The van der Waals surface area contributed by atoms with E-state index in [1.165, 1.54) is 0 Å². The minimum Gasteiger partial charge on any atom is -0.369 e. The second-order valence-corrected chi connectivity index (χ2v) is 10.0. The Morgan fingerprint density at radius 3 is 2.48 bits per heavy atom. The van der Waals surface area contributed by atoms with Crippen molar-refractivity contribution in [1.29, 1.82) is 0 Å². The molecule has 2 aliphatic heterocycles. The first-order chi connectivity index (χ1) is 13.9. The number of carbonyl (C=O) groups excluding carboxylic acids is 1. The molecule has 158 valence electrons. The lowest BCUT2D eigenvalue weighted by molar-refractivity contribution is 0.0582. The summed E-state index contributed by atoms with van der Waals surface area (Å²) in [6.07, 6.45) is 8.91. The van der Waals surface area contributed by atoms with E-state index in [1.54, 1.807) is 28.6 Å². The summed E-state index contributed by atoms with van der Waals surface area (Å²) in [6.45, 7) is 5.51. The molecule has 0 saturated carbocycles. The number of amides is 1. The number of piperidine rings is 2. The predicted molar refractivity (Wildman–Crippen MR) is 112 cm³/mol. The predicted octanol–water partition coefficient (Wildman–Crippen LogP) is 2.61. The Bertz CT molecular complexity index is 837. The summed E-state index contributed by atoms with van der Waals surface area (Å²) in [5.74, 6) is 3.21. The van der Waals surface area contributed by atoms with Gasteiger partial charge < -0.3 is 9.64 Å². The van der Waals surface area contributed by atoms with E-state index in [0.717, 1.165) is 25.7 Å². The molecule has 29 heavy (non-hydrogen) atoms. The van der Waals surface area contributed by atoms with Crippen LogP contribution in [0.4, 0.5) is 0 Å². The number of nitrogens with zero attached hydrogens (tertiary/aromatic N) is 2. The SMILES string of the molecule is C#CCOCC1CCN(C(=O)c2ccc(S(=O)(=O)N3CCCC(C)C3)cc2)CC1. The molecule has 1 aromatic carbocycles. The van der Waals surface area contributed by atoms with Crippen molar-refractivity contribution < 1.29 is 17.9 Å². The normalized spacial score (nSPS) is 21.7. The molecule has 1 unspecified atom stereocenters. The van der Waals surface area contributed by atoms with Gasteiger partial charge in [-0.1, -0.05) is 12.8 Å². The highest BCUT2D eigenvalue weighted by Crippen LogP contribution is 2.24. The minimum atomic E-state index is -3.50. The second-order valence-electron chi connectivity index (χ2n) is 8.09. The number of terminal acetylenes is 1. The molecule has 0 radical (unpaired) electrons. The van der Waals surface area contributed by atoms with Crippen molar-refractivity contribution in [2.24, 2.45) is 11.8 Å². The number of likely N-dealkylation sites (tertiary alicyclic amines) is 1. The summed E-state index contributed by atoms with van der Waals surface area (Å²) in [5.41, 5.74) is 0.526. The largest absolute Gasteiger partial charge is 0.369 e. The molecule has 0 spiro atoms. The number of hydrogen-bond donors (Lipinski definition) is 0. The van der Waals surface area contributed by atoms with Gasteiger partial charge in [0.15, 0.2) is 0 Å². The van der Waals surface area contributed by atoms with Crippen LogP contribution in [0.2, 0.25) is 0 Å². The number of sulfonamides is 1. The highest BCUT2D eigenvalue weighted by Gasteiger charge is 2.29. The van der Waals surface area contributed by atoms with Crippen LogP contribution in [0.5, 0.6) is 0 Å². The zero-order valence-corrected chi connectivity index (χ0v) is 17.9. The molecule has 7 heteroatoms. The Hall–Kier alpha value is -1.88. The molecule has 0 bridgehead atoms. The first-order valence-corrected chi connectivity index (χ1v) is 11.8. The molecule has 0 N–H and O–H groups in total. The van der Waals surface area contributed by atoms with E-state index >= 15 is 0 Å². The summed E-state index contributed by atoms with van der Waals surface area (Å²) in [7, 11) is -3.50. The Kier molecular flexibility index (Phi) is 7.33. The lowest BCUT2D eigenvalue weighted by atomic mass is 9.97. The molecule has 3 rings (SSSR count). The van der Waals surface area contributed by atoms with Gasteiger partial charge in [0.1, 0.15) is 6.61 Å². The van der Waals surface area contributed by atoms with Crippen molar-refractivity contribution in [3.63, 3.8) is 0 Å². The van der Waals surface area contributed by atoms with Crippen molar-refractivity contribution in [1.82, 2.24) is 9.21 Å². The molecule has 2 aliphatic rings. The Morgan fingerprint density at radius 2 is 1.86 bits per heavy atom. The van der Waals surface area contributed by atoms with Gasteiger partial charge >= 0.3 is 0 Å². The van der Waals surface area contributed by atoms with Crippen molar-refractivity contribution >= 4 is 15.9 Å². The summed E-state index contributed by atoms with van der Waals surface area (Å²) in [4.78, 5) is 14.9. The first-order valence-electron chi connectivity index (χ1n) is 10.3. The number of benzene rings is 1. The van der Waals surface area contributed by atoms with Crippen LogP contribution in [0.25, 0.3) is 0 Å². The van der Waals surface area contributed by atoms with Crippen LogP contribution in [0.1, 0.15) is 43.0 Å². The third-order valence-corrected chi connectivity index (χ3v) is 7.68. The maximum Gasteiger partial charge on any atom is 0.253 e. The van der Waals surface area contributed by atoms with Crippen LogP contribution in [0.15, 0.2) is 29.2 Å². The van der Waals surface area contributed by atoms with Crippen LogP contribution >= 0.6 is 0 Å². The van der Waals surface area contributed by atoms with E-state index in [9.17, 15) is 13.2 Å². The third kappa shape index (κ3) is 5.39. The molecule has 2 heterocycles. The fourth-order valence-corrected chi connectivity index (χ4v) is 5.65. The van der Waals surface area contributed by atoms with Crippen LogP contribution in [0.3, 0.4) is 0 Å². The number of rotatable bonds is 6. The number of carbonyl (C=O) groups is 1. The van der Waals surface area contributed by atoms with Crippen LogP contribution < -0.4 is 0 Å². The van der Waals surface area contributed by atoms with Gasteiger partial charge in [-0.15, -0.1) is 6.42 Å². The lowest BCUT2D eigenvalue weighted by Gasteiger charge is -2.32. The summed E-state index contributed by atoms with van der Waals surface area (Å²) in [6, 6.07) is 6.37. The summed E-state index contributed by atoms with van der Waals surface area (Å²) < 4.78 is 32.7. The van der Waals surface area contributed by atoms with Crippen molar-refractivity contribution in [2.45, 2.75) is 37.5 Å². The molecule has 1 aromatic rings. The molecule has 0 aliphatic carbocycles. The average molecular weight is 419 g/mol. The Morgan fingerprint density at radius 1 is 1.17 bits per heavy atom. The average Bonchev–Trinajstić information content (AvgIpc) is 2.74. The molecule has 2 fully saturated rings. The van der Waals surface area contributed by atoms with Gasteiger partial charge in [-0.2, -0.15) is 4.31 Å². The summed E-state index contributed by atoms with van der Waals surface area (Å²) in [5, 5.41) is 0. The van der Waals surface area contributed by atoms with Crippen molar-refractivity contribution in [3.8, 4) is 12.3 Å². The quantitative estimate of drug-likeness (QED) is 0.526. The van der Waals surface area contributed by atoms with Crippen molar-refractivity contribution in [3.05, 3.63) is 29.8 Å². The van der Waals surface area contributed by atoms with Crippen LogP contribution in [-0.2, 0) is 14.8 Å². The highest BCUT2D eigenvalue weighted by molar-refractivity contribution is 7.89. The second kappa shape index (κ2) is 9.75.